The molecule has 37 heavy (non-hydrogen) atoms. The third-order valence-electron chi connectivity index (χ3n) is 5.03. The highest BCUT2D eigenvalue weighted by Gasteiger charge is 2.17. The lowest BCUT2D eigenvalue weighted by Gasteiger charge is -2.15. The minimum atomic E-state index is -0.657. The Morgan fingerprint density at radius 2 is 1.78 bits per heavy atom. The molecule has 1 amide bonds. The predicted molar refractivity (Wildman–Crippen MR) is 143 cm³/mol. The summed E-state index contributed by atoms with van der Waals surface area (Å²) in [6.07, 6.45) is 1.42. The van der Waals surface area contributed by atoms with Crippen molar-refractivity contribution in [3.63, 3.8) is 0 Å². The number of methoxy groups -OCH3 is 2. The molecule has 0 bridgehead atoms. The van der Waals surface area contributed by atoms with Crippen LogP contribution in [0.5, 0.6) is 23.0 Å². The van der Waals surface area contributed by atoms with Crippen LogP contribution in [0, 0.1) is 17.1 Å². The molecular formula is C27H23BrClFN2O5. The van der Waals surface area contributed by atoms with Gasteiger partial charge in [-0.15, -0.1) is 0 Å². The van der Waals surface area contributed by atoms with Gasteiger partial charge >= 0.3 is 0 Å². The lowest BCUT2D eigenvalue weighted by atomic mass is 10.1. The van der Waals surface area contributed by atoms with Crippen molar-refractivity contribution in [2.75, 3.05) is 26.1 Å². The summed E-state index contributed by atoms with van der Waals surface area (Å²) in [5, 5.41) is 12.6. The largest absolute Gasteiger partial charge is 0.495 e. The first kappa shape index (κ1) is 27.8. The standard InChI is InChI=1S/C27H23BrClFN2O5/c1-4-36-25-11-17(10-20(28)26(25)37-15-16-5-7-19(30)8-6-16)9-18(14-31)27(33)32-22-13-23(34-2)21(29)12-24(22)35-3/h5-13H,4,15H2,1-3H3,(H,32,33)/b18-9+. The van der Waals surface area contributed by atoms with E-state index in [1.807, 2.05) is 13.0 Å². The van der Waals surface area contributed by atoms with Crippen LogP contribution in [-0.4, -0.2) is 26.7 Å². The van der Waals surface area contributed by atoms with Crippen LogP contribution in [0.15, 0.2) is 58.6 Å². The first-order valence-electron chi connectivity index (χ1n) is 11.0. The molecule has 0 spiro atoms. The van der Waals surface area contributed by atoms with Gasteiger partial charge in [0.05, 0.1) is 36.0 Å². The summed E-state index contributed by atoms with van der Waals surface area (Å²) in [5.74, 6) is 0.497. The Hall–Kier alpha value is -3.74. The highest BCUT2D eigenvalue weighted by atomic mass is 79.9. The van der Waals surface area contributed by atoms with E-state index in [4.69, 9.17) is 30.5 Å². The van der Waals surface area contributed by atoms with Crippen LogP contribution in [0.3, 0.4) is 0 Å². The van der Waals surface area contributed by atoms with E-state index in [2.05, 4.69) is 21.2 Å². The number of anilines is 1. The number of nitrogens with zero attached hydrogens (tertiary/aromatic N) is 1. The van der Waals surface area contributed by atoms with Crippen molar-refractivity contribution < 1.29 is 28.1 Å². The van der Waals surface area contributed by atoms with E-state index in [0.29, 0.717) is 44.7 Å². The Balaban J connectivity index is 1.88. The van der Waals surface area contributed by atoms with Crippen LogP contribution >= 0.6 is 27.5 Å². The summed E-state index contributed by atoms with van der Waals surface area (Å²) in [6.45, 7) is 2.37. The minimum Gasteiger partial charge on any atom is -0.495 e. The first-order chi connectivity index (χ1) is 17.8. The summed E-state index contributed by atoms with van der Waals surface area (Å²) >= 11 is 9.60. The number of benzene rings is 3. The fourth-order valence-electron chi connectivity index (χ4n) is 3.27. The van der Waals surface area contributed by atoms with Crippen LogP contribution in [0.2, 0.25) is 5.02 Å². The van der Waals surface area contributed by atoms with Gasteiger partial charge in [0, 0.05) is 12.1 Å². The highest BCUT2D eigenvalue weighted by molar-refractivity contribution is 9.10. The predicted octanol–water partition coefficient (Wildman–Crippen LogP) is 6.78. The molecule has 0 aliphatic carbocycles. The number of rotatable bonds is 10. The normalized spacial score (nSPS) is 10.9. The summed E-state index contributed by atoms with van der Waals surface area (Å²) in [6, 6.07) is 14.2. The second kappa shape index (κ2) is 13.0. The topological polar surface area (TPSA) is 89.8 Å². The van der Waals surface area contributed by atoms with Crippen LogP contribution < -0.4 is 24.3 Å². The van der Waals surface area contributed by atoms with E-state index in [-0.39, 0.29) is 23.7 Å². The number of hydrogen-bond donors (Lipinski definition) is 1. The average molecular weight is 590 g/mol. The molecule has 192 valence electrons. The van der Waals surface area contributed by atoms with Crippen molar-refractivity contribution in [3.8, 4) is 29.1 Å². The number of nitriles is 1. The third kappa shape index (κ3) is 7.15. The van der Waals surface area contributed by atoms with Gasteiger partial charge < -0.3 is 24.3 Å². The van der Waals surface area contributed by atoms with Crippen molar-refractivity contribution in [1.82, 2.24) is 0 Å². The van der Waals surface area contributed by atoms with E-state index in [9.17, 15) is 14.4 Å². The lowest BCUT2D eigenvalue weighted by Crippen LogP contribution is -2.14. The van der Waals surface area contributed by atoms with E-state index in [1.54, 1.807) is 24.3 Å². The Bertz CT molecular complexity index is 1360. The summed E-state index contributed by atoms with van der Waals surface area (Å²) in [7, 11) is 2.88. The molecular weight excluding hydrogens is 567 g/mol. The maximum Gasteiger partial charge on any atom is 0.266 e. The Morgan fingerprint density at radius 3 is 2.41 bits per heavy atom. The van der Waals surface area contributed by atoms with Crippen molar-refractivity contribution in [2.24, 2.45) is 0 Å². The molecule has 0 radical (unpaired) electrons. The maximum absolute atomic E-state index is 13.2. The zero-order chi connectivity index (χ0) is 26.9. The van der Waals surface area contributed by atoms with Crippen molar-refractivity contribution in [1.29, 1.82) is 5.26 Å². The van der Waals surface area contributed by atoms with Gasteiger partial charge in [-0.2, -0.15) is 5.26 Å². The zero-order valence-electron chi connectivity index (χ0n) is 20.2. The molecule has 0 saturated heterocycles. The van der Waals surface area contributed by atoms with E-state index < -0.39 is 5.91 Å². The average Bonchev–Trinajstić information content (AvgIpc) is 2.88. The van der Waals surface area contributed by atoms with Crippen molar-refractivity contribution in [2.45, 2.75) is 13.5 Å². The molecule has 0 fully saturated rings. The number of ether oxygens (including phenoxy) is 4. The second-order valence-electron chi connectivity index (χ2n) is 7.49. The fourth-order valence-corrected chi connectivity index (χ4v) is 4.08. The van der Waals surface area contributed by atoms with E-state index in [1.165, 1.54) is 44.6 Å². The van der Waals surface area contributed by atoms with Crippen molar-refractivity contribution in [3.05, 3.63) is 80.5 Å². The van der Waals surface area contributed by atoms with E-state index >= 15 is 0 Å². The molecule has 3 aromatic carbocycles. The van der Waals surface area contributed by atoms with Crippen molar-refractivity contribution >= 4 is 45.2 Å². The molecule has 7 nitrogen and oxygen atoms in total. The van der Waals surface area contributed by atoms with Gasteiger partial charge in [0.2, 0.25) is 0 Å². The van der Waals surface area contributed by atoms with Gasteiger partial charge in [-0.05, 0) is 64.3 Å². The Kier molecular flexibility index (Phi) is 9.78. The van der Waals surface area contributed by atoms with Gasteiger partial charge in [0.1, 0.15) is 35.6 Å². The van der Waals surface area contributed by atoms with Gasteiger partial charge in [0.25, 0.3) is 5.91 Å². The maximum atomic E-state index is 13.2. The van der Waals surface area contributed by atoms with Gasteiger partial charge in [-0.1, -0.05) is 23.7 Å². The number of carbonyl (C=O) groups is 1. The quantitative estimate of drug-likeness (QED) is 0.207. The molecule has 0 heterocycles. The Morgan fingerprint density at radius 1 is 1.08 bits per heavy atom. The molecule has 10 heteroatoms. The molecule has 0 aliphatic rings. The molecule has 0 atom stereocenters. The molecule has 1 N–H and O–H groups in total. The molecule has 3 rings (SSSR count). The number of hydrogen-bond acceptors (Lipinski definition) is 6. The van der Waals surface area contributed by atoms with Crippen LogP contribution in [-0.2, 0) is 11.4 Å². The zero-order valence-corrected chi connectivity index (χ0v) is 22.6. The summed E-state index contributed by atoms with van der Waals surface area (Å²) in [5.41, 5.74) is 1.43. The fraction of sp³-hybridized carbons (Fsp3) is 0.185. The number of carbonyl (C=O) groups excluding carboxylic acids is 1. The van der Waals surface area contributed by atoms with E-state index in [0.717, 1.165) is 5.56 Å². The van der Waals surface area contributed by atoms with Gasteiger partial charge in [0.15, 0.2) is 11.5 Å². The Labute approximate surface area is 227 Å². The summed E-state index contributed by atoms with van der Waals surface area (Å²) < 4.78 is 35.9. The number of amides is 1. The molecule has 3 aromatic rings. The number of nitrogens with one attached hydrogen (secondary N) is 1. The first-order valence-corrected chi connectivity index (χ1v) is 12.1. The lowest BCUT2D eigenvalue weighted by molar-refractivity contribution is -0.112. The highest BCUT2D eigenvalue weighted by Crippen LogP contribution is 2.39. The van der Waals surface area contributed by atoms with Crippen LogP contribution in [0.25, 0.3) is 6.08 Å². The summed E-state index contributed by atoms with van der Waals surface area (Å²) in [4.78, 5) is 12.9. The smallest absolute Gasteiger partial charge is 0.266 e. The minimum absolute atomic E-state index is 0.162. The van der Waals surface area contributed by atoms with Gasteiger partial charge in [-0.3, -0.25) is 4.79 Å². The molecule has 0 aliphatic heterocycles. The second-order valence-corrected chi connectivity index (χ2v) is 8.75. The SMILES string of the molecule is CCOc1cc(/C=C(\C#N)C(=O)Nc2cc(OC)c(Cl)cc2OC)cc(Br)c1OCc1ccc(F)cc1. The monoisotopic (exact) mass is 588 g/mol. The van der Waals surface area contributed by atoms with Crippen LogP contribution in [0.4, 0.5) is 10.1 Å². The van der Waals surface area contributed by atoms with Crippen LogP contribution in [0.1, 0.15) is 18.1 Å². The van der Waals surface area contributed by atoms with Gasteiger partial charge in [-0.25, -0.2) is 4.39 Å². The molecule has 0 saturated carbocycles. The number of halogens is 3. The molecule has 0 aromatic heterocycles. The molecule has 0 unspecified atom stereocenters. The third-order valence-corrected chi connectivity index (χ3v) is 5.91.